The molecule has 3 aliphatic rings. The molecule has 0 saturated carbocycles. The number of rotatable bonds is 0. The third-order valence-corrected chi connectivity index (χ3v) is 2.17. The fraction of sp³-hybridized carbons (Fsp3) is 0.667. The summed E-state index contributed by atoms with van der Waals surface area (Å²) in [5.41, 5.74) is 0. The first-order chi connectivity index (χ1) is 4.64. The van der Waals surface area contributed by atoms with Gasteiger partial charge in [-0.25, -0.2) is 0 Å². The van der Waals surface area contributed by atoms with Gasteiger partial charge < -0.3 is 19.7 Å². The van der Waals surface area contributed by atoms with Crippen LogP contribution in [-0.4, -0.2) is 34.0 Å². The molecule has 0 aromatic rings. The van der Waals surface area contributed by atoms with Crippen molar-refractivity contribution >= 4 is 0 Å². The van der Waals surface area contributed by atoms with Gasteiger partial charge in [0.15, 0.2) is 12.2 Å². The summed E-state index contributed by atoms with van der Waals surface area (Å²) in [6.45, 7) is 0. The predicted molar refractivity (Wildman–Crippen MR) is 28.8 cm³/mol. The topological polar surface area (TPSA) is 65.5 Å². The second-order valence-corrected chi connectivity index (χ2v) is 2.91. The molecule has 4 atom stereocenters. The first-order valence-electron chi connectivity index (χ1n) is 3.15. The Morgan fingerprint density at radius 3 is 1.80 bits per heavy atom. The Labute approximate surface area is 56.7 Å². The van der Waals surface area contributed by atoms with Crippen LogP contribution >= 0.6 is 0 Å². The maximum absolute atomic E-state index is 9.26. The summed E-state index contributed by atoms with van der Waals surface area (Å²) in [5, 5.41) is 18.5. The van der Waals surface area contributed by atoms with Crippen molar-refractivity contribution in [2.75, 3.05) is 0 Å². The molecule has 4 unspecified atom stereocenters. The van der Waals surface area contributed by atoms with E-state index in [0.717, 1.165) is 0 Å². The molecule has 4 nitrogen and oxygen atoms in total. The van der Waals surface area contributed by atoms with Crippen molar-refractivity contribution in [1.82, 2.24) is 0 Å². The summed E-state index contributed by atoms with van der Waals surface area (Å²) >= 11 is 0. The van der Waals surface area contributed by atoms with Crippen LogP contribution in [0.3, 0.4) is 0 Å². The summed E-state index contributed by atoms with van der Waals surface area (Å²) in [6.07, 6.45) is 2.17. The van der Waals surface area contributed by atoms with Crippen LogP contribution in [-0.2, 0) is 9.47 Å². The number of aliphatic hydroxyl groups is 2. The second kappa shape index (κ2) is 1.06. The number of epoxide rings is 2. The van der Waals surface area contributed by atoms with E-state index >= 15 is 0 Å². The van der Waals surface area contributed by atoms with E-state index in [9.17, 15) is 10.2 Å². The van der Waals surface area contributed by atoms with Crippen molar-refractivity contribution in [2.24, 2.45) is 0 Å². The molecule has 0 bridgehead atoms. The molecule has 2 fully saturated rings. The van der Waals surface area contributed by atoms with Gasteiger partial charge in [-0.1, -0.05) is 0 Å². The van der Waals surface area contributed by atoms with E-state index in [0.29, 0.717) is 0 Å². The summed E-state index contributed by atoms with van der Waals surface area (Å²) in [6, 6.07) is 0. The average molecular weight is 142 g/mol. The molecule has 0 aromatic carbocycles. The highest BCUT2D eigenvalue weighted by Gasteiger charge is 2.75. The highest BCUT2D eigenvalue weighted by Crippen LogP contribution is 2.54. The largest absolute Gasteiger partial charge is 0.360 e. The molecule has 0 aromatic heterocycles. The van der Waals surface area contributed by atoms with Crippen LogP contribution in [0.1, 0.15) is 0 Å². The third-order valence-electron chi connectivity index (χ3n) is 2.17. The van der Waals surface area contributed by atoms with Gasteiger partial charge in [-0.3, -0.25) is 0 Å². The SMILES string of the molecule is OC12C=CC3(O)OC3C1O2. The van der Waals surface area contributed by atoms with Crippen molar-refractivity contribution in [2.45, 2.75) is 23.8 Å². The van der Waals surface area contributed by atoms with Crippen molar-refractivity contribution in [3.63, 3.8) is 0 Å². The fourth-order valence-corrected chi connectivity index (χ4v) is 1.40. The van der Waals surface area contributed by atoms with Crippen LogP contribution in [0, 0.1) is 0 Å². The van der Waals surface area contributed by atoms with E-state index in [1.807, 2.05) is 0 Å². The molecule has 0 spiro atoms. The highest BCUT2D eigenvalue weighted by molar-refractivity contribution is 5.29. The van der Waals surface area contributed by atoms with Crippen LogP contribution < -0.4 is 0 Å². The van der Waals surface area contributed by atoms with E-state index in [1.54, 1.807) is 0 Å². The molecule has 10 heavy (non-hydrogen) atoms. The number of ether oxygens (including phenoxy) is 2. The zero-order chi connectivity index (χ0) is 6.98. The van der Waals surface area contributed by atoms with Gasteiger partial charge >= 0.3 is 0 Å². The Balaban J connectivity index is 2.04. The molecular weight excluding hydrogens is 136 g/mol. The maximum Gasteiger partial charge on any atom is 0.216 e. The summed E-state index contributed by atoms with van der Waals surface area (Å²) < 4.78 is 9.74. The first-order valence-corrected chi connectivity index (χ1v) is 3.15. The zero-order valence-corrected chi connectivity index (χ0v) is 5.02. The molecule has 2 saturated heterocycles. The van der Waals surface area contributed by atoms with Crippen molar-refractivity contribution in [1.29, 1.82) is 0 Å². The molecule has 3 rings (SSSR count). The molecule has 4 heteroatoms. The van der Waals surface area contributed by atoms with Gasteiger partial charge in [-0.05, 0) is 12.2 Å². The second-order valence-electron chi connectivity index (χ2n) is 2.91. The molecule has 2 N–H and O–H groups in total. The van der Waals surface area contributed by atoms with Gasteiger partial charge in [0.1, 0.15) is 0 Å². The van der Waals surface area contributed by atoms with Gasteiger partial charge in [0.05, 0.1) is 0 Å². The summed E-state index contributed by atoms with van der Waals surface area (Å²) in [7, 11) is 0. The van der Waals surface area contributed by atoms with Crippen LogP contribution in [0.5, 0.6) is 0 Å². The van der Waals surface area contributed by atoms with E-state index in [1.165, 1.54) is 12.2 Å². The Morgan fingerprint density at radius 2 is 1.40 bits per heavy atom. The molecular formula is C6H6O4. The fourth-order valence-electron chi connectivity index (χ4n) is 1.40. The van der Waals surface area contributed by atoms with Gasteiger partial charge in [0.2, 0.25) is 11.6 Å². The smallest absolute Gasteiger partial charge is 0.216 e. The van der Waals surface area contributed by atoms with Crippen molar-refractivity contribution < 1.29 is 19.7 Å². The minimum absolute atomic E-state index is 0.345. The Bertz CT molecular complexity index is 214. The molecule has 0 radical (unpaired) electrons. The quantitative estimate of drug-likeness (QED) is 0.327. The normalized spacial score (nSPS) is 68.6. The van der Waals surface area contributed by atoms with E-state index < -0.39 is 11.6 Å². The Kier molecular flexibility index (Phi) is 0.557. The minimum Gasteiger partial charge on any atom is -0.360 e. The molecule has 1 aliphatic carbocycles. The highest BCUT2D eigenvalue weighted by atomic mass is 16.8. The lowest BCUT2D eigenvalue weighted by Crippen LogP contribution is -2.25. The van der Waals surface area contributed by atoms with E-state index in [4.69, 9.17) is 9.47 Å². The van der Waals surface area contributed by atoms with E-state index in [2.05, 4.69) is 0 Å². The zero-order valence-electron chi connectivity index (χ0n) is 5.02. The van der Waals surface area contributed by atoms with Gasteiger partial charge in [0, 0.05) is 0 Å². The minimum atomic E-state index is -1.13. The van der Waals surface area contributed by atoms with Gasteiger partial charge in [0.25, 0.3) is 0 Å². The molecule has 0 amide bonds. The van der Waals surface area contributed by atoms with Crippen molar-refractivity contribution in [3.05, 3.63) is 12.2 Å². The first kappa shape index (κ1) is 5.26. The van der Waals surface area contributed by atoms with Crippen molar-refractivity contribution in [3.8, 4) is 0 Å². The summed E-state index contributed by atoms with van der Waals surface area (Å²) in [5.74, 6) is -2.26. The van der Waals surface area contributed by atoms with Crippen LogP contribution in [0.15, 0.2) is 12.2 Å². The number of hydrogen-bond acceptors (Lipinski definition) is 4. The Hall–Kier alpha value is -0.420. The average Bonchev–Trinajstić information content (AvgIpc) is 2.65. The van der Waals surface area contributed by atoms with Gasteiger partial charge in [-0.15, -0.1) is 0 Å². The monoisotopic (exact) mass is 142 g/mol. The van der Waals surface area contributed by atoms with E-state index in [-0.39, 0.29) is 12.2 Å². The summed E-state index contributed by atoms with van der Waals surface area (Å²) in [4.78, 5) is 0. The van der Waals surface area contributed by atoms with Gasteiger partial charge in [-0.2, -0.15) is 0 Å². The third kappa shape index (κ3) is 0.402. The Morgan fingerprint density at radius 1 is 1.00 bits per heavy atom. The molecule has 2 aliphatic heterocycles. The predicted octanol–water partition coefficient (Wildman–Crippen LogP) is -1.27. The number of hydrogen-bond donors (Lipinski definition) is 2. The van der Waals surface area contributed by atoms with Crippen LogP contribution in [0.4, 0.5) is 0 Å². The lowest BCUT2D eigenvalue weighted by atomic mass is 10.0. The maximum atomic E-state index is 9.26. The lowest BCUT2D eigenvalue weighted by molar-refractivity contribution is 0.0660. The molecule has 54 valence electrons. The standard InChI is InChI=1S/C6H6O4/c7-5-1-2-6(8)4(10-6)3(5)9-5/h1-4,7-8H. The van der Waals surface area contributed by atoms with Crippen LogP contribution in [0.2, 0.25) is 0 Å². The number of fused-ring (bicyclic) bond motifs is 3. The lowest BCUT2D eigenvalue weighted by Gasteiger charge is -2.03. The molecule has 2 heterocycles. The van der Waals surface area contributed by atoms with Crippen LogP contribution in [0.25, 0.3) is 0 Å².